The molecular formula is C11H13ClN2O3. The van der Waals surface area contributed by atoms with Crippen LogP contribution < -0.4 is 10.6 Å². The SMILES string of the molecule is Cc1c(Cl)cccc1NC(=O)NCCC(=O)O. The number of hydrogen-bond acceptors (Lipinski definition) is 2. The number of carboxylic acids is 1. The summed E-state index contributed by atoms with van der Waals surface area (Å²) < 4.78 is 0. The molecule has 92 valence electrons. The zero-order valence-corrected chi connectivity index (χ0v) is 10.0. The lowest BCUT2D eigenvalue weighted by Crippen LogP contribution is -2.30. The van der Waals surface area contributed by atoms with E-state index in [9.17, 15) is 9.59 Å². The number of rotatable bonds is 4. The molecule has 5 nitrogen and oxygen atoms in total. The van der Waals surface area contributed by atoms with Crippen molar-refractivity contribution >= 4 is 29.3 Å². The maximum Gasteiger partial charge on any atom is 0.319 e. The van der Waals surface area contributed by atoms with Crippen molar-refractivity contribution in [3.05, 3.63) is 28.8 Å². The van der Waals surface area contributed by atoms with Gasteiger partial charge in [0.2, 0.25) is 0 Å². The van der Waals surface area contributed by atoms with Gasteiger partial charge in [0.25, 0.3) is 0 Å². The molecule has 3 N–H and O–H groups in total. The van der Waals surface area contributed by atoms with Crippen LogP contribution in [0, 0.1) is 6.92 Å². The number of hydrogen-bond donors (Lipinski definition) is 3. The van der Waals surface area contributed by atoms with E-state index in [0.717, 1.165) is 5.56 Å². The maximum absolute atomic E-state index is 11.4. The molecule has 0 atom stereocenters. The van der Waals surface area contributed by atoms with Crippen LogP contribution in [0.2, 0.25) is 5.02 Å². The van der Waals surface area contributed by atoms with Gasteiger partial charge in [-0.1, -0.05) is 17.7 Å². The first-order chi connectivity index (χ1) is 8.00. The number of aliphatic carboxylic acids is 1. The predicted molar refractivity (Wildman–Crippen MR) is 65.5 cm³/mol. The topological polar surface area (TPSA) is 78.4 Å². The first kappa shape index (κ1) is 13.3. The fraction of sp³-hybridized carbons (Fsp3) is 0.273. The molecule has 1 rings (SSSR count). The Balaban J connectivity index is 2.51. The van der Waals surface area contributed by atoms with Crippen molar-refractivity contribution in [2.24, 2.45) is 0 Å². The van der Waals surface area contributed by atoms with Crippen LogP contribution in [0.1, 0.15) is 12.0 Å². The third-order valence-electron chi connectivity index (χ3n) is 2.14. The molecule has 6 heteroatoms. The molecule has 0 aromatic heterocycles. The Morgan fingerprint density at radius 2 is 2.12 bits per heavy atom. The van der Waals surface area contributed by atoms with Crippen LogP contribution in [0.4, 0.5) is 10.5 Å². The number of amides is 2. The second kappa shape index (κ2) is 6.10. The van der Waals surface area contributed by atoms with Crippen LogP contribution in [-0.2, 0) is 4.79 Å². The van der Waals surface area contributed by atoms with Crippen LogP contribution in [0.15, 0.2) is 18.2 Å². The van der Waals surface area contributed by atoms with E-state index >= 15 is 0 Å². The highest BCUT2D eigenvalue weighted by Crippen LogP contribution is 2.22. The van der Waals surface area contributed by atoms with Crippen LogP contribution in [0.5, 0.6) is 0 Å². The summed E-state index contributed by atoms with van der Waals surface area (Å²) in [4.78, 5) is 21.6. The molecule has 1 aromatic carbocycles. The van der Waals surface area contributed by atoms with Gasteiger partial charge in [0.05, 0.1) is 6.42 Å². The largest absolute Gasteiger partial charge is 0.481 e. The minimum atomic E-state index is -0.954. The fourth-order valence-corrected chi connectivity index (χ4v) is 1.37. The van der Waals surface area contributed by atoms with E-state index < -0.39 is 12.0 Å². The van der Waals surface area contributed by atoms with Crippen molar-refractivity contribution in [3.8, 4) is 0 Å². The van der Waals surface area contributed by atoms with E-state index in [1.807, 2.05) is 0 Å². The number of carbonyl (C=O) groups excluding carboxylic acids is 1. The molecule has 2 amide bonds. The summed E-state index contributed by atoms with van der Waals surface area (Å²) in [5.41, 5.74) is 1.37. The Labute approximate surface area is 104 Å². The van der Waals surface area contributed by atoms with Crippen LogP contribution in [-0.4, -0.2) is 23.7 Å². The van der Waals surface area contributed by atoms with Gasteiger partial charge < -0.3 is 15.7 Å². The lowest BCUT2D eigenvalue weighted by atomic mass is 10.2. The van der Waals surface area contributed by atoms with Gasteiger partial charge in [0.1, 0.15) is 0 Å². The molecule has 0 radical (unpaired) electrons. The Bertz CT molecular complexity index is 435. The number of halogens is 1. The summed E-state index contributed by atoms with van der Waals surface area (Å²) in [6.07, 6.45) is -0.109. The first-order valence-corrected chi connectivity index (χ1v) is 5.40. The van der Waals surface area contributed by atoms with E-state index in [2.05, 4.69) is 10.6 Å². The number of anilines is 1. The molecule has 17 heavy (non-hydrogen) atoms. The van der Waals surface area contributed by atoms with Gasteiger partial charge in [0, 0.05) is 17.3 Å². The average molecular weight is 257 g/mol. The first-order valence-electron chi connectivity index (χ1n) is 5.02. The zero-order valence-electron chi connectivity index (χ0n) is 9.29. The Morgan fingerprint density at radius 1 is 1.41 bits per heavy atom. The van der Waals surface area contributed by atoms with Gasteiger partial charge >= 0.3 is 12.0 Å². The second-order valence-corrected chi connectivity index (χ2v) is 3.84. The molecule has 0 aliphatic heterocycles. The van der Waals surface area contributed by atoms with E-state index in [1.54, 1.807) is 25.1 Å². The lowest BCUT2D eigenvalue weighted by Gasteiger charge is -2.10. The van der Waals surface area contributed by atoms with Crippen molar-refractivity contribution in [1.29, 1.82) is 0 Å². The Hall–Kier alpha value is -1.75. The van der Waals surface area contributed by atoms with E-state index in [-0.39, 0.29) is 13.0 Å². The summed E-state index contributed by atoms with van der Waals surface area (Å²) in [6.45, 7) is 1.87. The Morgan fingerprint density at radius 3 is 2.76 bits per heavy atom. The van der Waals surface area contributed by atoms with Crippen molar-refractivity contribution in [2.45, 2.75) is 13.3 Å². The molecule has 0 aliphatic carbocycles. The maximum atomic E-state index is 11.4. The molecule has 0 spiro atoms. The summed E-state index contributed by atoms with van der Waals surface area (Å²) in [5, 5.41) is 14.0. The quantitative estimate of drug-likeness (QED) is 0.773. The molecule has 0 heterocycles. The summed E-state index contributed by atoms with van der Waals surface area (Å²) >= 11 is 5.89. The molecule has 1 aromatic rings. The third-order valence-corrected chi connectivity index (χ3v) is 2.55. The molecule has 0 saturated heterocycles. The number of carboxylic acid groups (broad SMARTS) is 1. The van der Waals surface area contributed by atoms with Gasteiger partial charge in [-0.15, -0.1) is 0 Å². The molecule has 0 saturated carbocycles. The van der Waals surface area contributed by atoms with Crippen molar-refractivity contribution in [3.63, 3.8) is 0 Å². The average Bonchev–Trinajstić information content (AvgIpc) is 2.24. The van der Waals surface area contributed by atoms with E-state index in [1.165, 1.54) is 0 Å². The summed E-state index contributed by atoms with van der Waals surface area (Å²) in [5.74, 6) is -0.954. The fourth-order valence-electron chi connectivity index (χ4n) is 1.19. The number of benzene rings is 1. The van der Waals surface area contributed by atoms with Crippen molar-refractivity contribution in [2.75, 3.05) is 11.9 Å². The van der Waals surface area contributed by atoms with Gasteiger partial charge in [-0.2, -0.15) is 0 Å². The molecular weight excluding hydrogens is 244 g/mol. The molecule has 0 unspecified atom stereocenters. The van der Waals surface area contributed by atoms with Crippen molar-refractivity contribution < 1.29 is 14.7 Å². The van der Waals surface area contributed by atoms with E-state index in [0.29, 0.717) is 10.7 Å². The highest BCUT2D eigenvalue weighted by molar-refractivity contribution is 6.31. The number of nitrogens with one attached hydrogen (secondary N) is 2. The van der Waals surface area contributed by atoms with E-state index in [4.69, 9.17) is 16.7 Å². The van der Waals surface area contributed by atoms with Gasteiger partial charge in [0.15, 0.2) is 0 Å². The number of carbonyl (C=O) groups is 2. The van der Waals surface area contributed by atoms with Crippen LogP contribution in [0.3, 0.4) is 0 Å². The standard InChI is InChI=1S/C11H13ClN2O3/c1-7-8(12)3-2-4-9(7)14-11(17)13-6-5-10(15)16/h2-4H,5-6H2,1H3,(H,15,16)(H2,13,14,17). The summed E-state index contributed by atoms with van der Waals surface area (Å²) in [6, 6.07) is 4.72. The Kier molecular flexibility index (Phi) is 4.78. The molecule has 0 bridgehead atoms. The second-order valence-electron chi connectivity index (χ2n) is 3.44. The zero-order chi connectivity index (χ0) is 12.8. The third kappa shape index (κ3) is 4.32. The highest BCUT2D eigenvalue weighted by atomic mass is 35.5. The van der Waals surface area contributed by atoms with Crippen LogP contribution >= 0.6 is 11.6 Å². The van der Waals surface area contributed by atoms with Gasteiger partial charge in [-0.3, -0.25) is 4.79 Å². The highest BCUT2D eigenvalue weighted by Gasteiger charge is 2.06. The monoisotopic (exact) mass is 256 g/mol. The van der Waals surface area contributed by atoms with Crippen LogP contribution in [0.25, 0.3) is 0 Å². The minimum Gasteiger partial charge on any atom is -0.481 e. The smallest absolute Gasteiger partial charge is 0.319 e. The van der Waals surface area contributed by atoms with Crippen molar-refractivity contribution in [1.82, 2.24) is 5.32 Å². The normalized spacial score (nSPS) is 9.76. The van der Waals surface area contributed by atoms with Gasteiger partial charge in [-0.05, 0) is 24.6 Å². The lowest BCUT2D eigenvalue weighted by molar-refractivity contribution is -0.136. The summed E-state index contributed by atoms with van der Waals surface area (Å²) in [7, 11) is 0. The minimum absolute atomic E-state index is 0.0841. The molecule has 0 fully saturated rings. The number of urea groups is 1. The predicted octanol–water partition coefficient (Wildman–Crippen LogP) is 2.24. The molecule has 0 aliphatic rings. The van der Waals surface area contributed by atoms with Gasteiger partial charge in [-0.25, -0.2) is 4.79 Å².